The second kappa shape index (κ2) is 6.15. The number of halogens is 2. The predicted molar refractivity (Wildman–Crippen MR) is 89.6 cm³/mol. The van der Waals surface area contributed by atoms with E-state index in [2.05, 4.69) is 36.6 Å². The van der Waals surface area contributed by atoms with Crippen molar-refractivity contribution >= 4 is 58.9 Å². The van der Waals surface area contributed by atoms with E-state index in [4.69, 9.17) is 5.73 Å². The molecule has 0 unspecified atom stereocenters. The number of hydrogen-bond acceptors (Lipinski definition) is 4. The molecule has 0 aliphatic rings. The summed E-state index contributed by atoms with van der Waals surface area (Å²) in [4.78, 5) is 1.02. The lowest BCUT2D eigenvalue weighted by atomic mass is 10.2. The first-order valence-electron chi connectivity index (χ1n) is 5.60. The van der Waals surface area contributed by atoms with Crippen molar-refractivity contribution in [1.29, 1.82) is 0 Å². The van der Waals surface area contributed by atoms with E-state index in [1.54, 1.807) is 18.2 Å². The summed E-state index contributed by atoms with van der Waals surface area (Å²) in [5.41, 5.74) is 7.08. The van der Waals surface area contributed by atoms with Gasteiger partial charge in [-0.15, -0.1) is 11.3 Å². The van der Waals surface area contributed by atoms with Gasteiger partial charge in [0.15, 0.2) is 0 Å². The lowest BCUT2D eigenvalue weighted by Gasteiger charge is -2.08. The van der Waals surface area contributed by atoms with Crippen molar-refractivity contribution in [2.45, 2.75) is 18.4 Å². The molecule has 0 fully saturated rings. The highest BCUT2D eigenvalue weighted by Gasteiger charge is 2.21. The van der Waals surface area contributed by atoms with Gasteiger partial charge < -0.3 is 5.73 Å². The molecule has 0 bridgehead atoms. The van der Waals surface area contributed by atoms with Crippen LogP contribution >= 0.6 is 43.2 Å². The second-order valence-electron chi connectivity index (χ2n) is 4.12. The topological polar surface area (TPSA) is 72.2 Å². The average molecular weight is 440 g/mol. The highest BCUT2D eigenvalue weighted by molar-refractivity contribution is 9.11. The van der Waals surface area contributed by atoms with E-state index < -0.39 is 10.0 Å². The largest absolute Gasteiger partial charge is 0.326 e. The highest BCUT2D eigenvalue weighted by Crippen LogP contribution is 2.33. The zero-order valence-electron chi connectivity index (χ0n) is 10.5. The molecule has 108 valence electrons. The molecular weight excluding hydrogens is 428 g/mol. The van der Waals surface area contributed by atoms with Crippen molar-refractivity contribution in [1.82, 2.24) is 0 Å². The van der Waals surface area contributed by atoms with Crippen LogP contribution in [0.3, 0.4) is 0 Å². The van der Waals surface area contributed by atoms with Crippen molar-refractivity contribution in [3.05, 3.63) is 43.0 Å². The molecule has 3 N–H and O–H groups in total. The molecule has 0 saturated heterocycles. The minimum Gasteiger partial charge on any atom is -0.326 e. The zero-order chi connectivity index (χ0) is 14.9. The fraction of sp³-hybridized carbons (Fsp3) is 0.167. The molecule has 8 heteroatoms. The van der Waals surface area contributed by atoms with Gasteiger partial charge in [0.1, 0.15) is 4.90 Å². The first-order chi connectivity index (χ1) is 9.33. The maximum Gasteiger partial charge on any atom is 0.263 e. The predicted octanol–water partition coefficient (Wildman–Crippen LogP) is 3.84. The number of thiophene rings is 1. The Kier molecular flexibility index (Phi) is 4.91. The molecule has 0 aliphatic heterocycles. The van der Waals surface area contributed by atoms with E-state index in [1.165, 1.54) is 11.3 Å². The normalized spacial score (nSPS) is 11.6. The molecule has 0 atom stereocenters. The van der Waals surface area contributed by atoms with Crippen LogP contribution in [0, 0.1) is 6.92 Å². The molecule has 0 saturated carbocycles. The van der Waals surface area contributed by atoms with Crippen LogP contribution in [0.4, 0.5) is 5.69 Å². The van der Waals surface area contributed by atoms with Gasteiger partial charge in [-0.1, -0.05) is 22.0 Å². The zero-order valence-corrected chi connectivity index (χ0v) is 15.3. The third-order valence-corrected chi connectivity index (χ3v) is 7.13. The van der Waals surface area contributed by atoms with Gasteiger partial charge in [0.25, 0.3) is 10.0 Å². The van der Waals surface area contributed by atoms with Crippen LogP contribution in [0.2, 0.25) is 0 Å². The number of benzene rings is 1. The molecule has 0 spiro atoms. The van der Waals surface area contributed by atoms with Gasteiger partial charge in [-0.05, 0) is 46.6 Å². The molecular formula is C12H12Br2N2O2S2. The van der Waals surface area contributed by atoms with E-state index in [0.29, 0.717) is 16.0 Å². The number of nitrogens with two attached hydrogens (primary N) is 1. The van der Waals surface area contributed by atoms with Crippen molar-refractivity contribution < 1.29 is 8.42 Å². The number of sulfonamides is 1. The fourth-order valence-corrected chi connectivity index (χ4v) is 5.54. The van der Waals surface area contributed by atoms with Crippen molar-refractivity contribution in [3.8, 4) is 0 Å². The van der Waals surface area contributed by atoms with E-state index in [9.17, 15) is 8.42 Å². The van der Waals surface area contributed by atoms with Crippen molar-refractivity contribution in [2.75, 3.05) is 4.72 Å². The Hall–Kier alpha value is -0.410. The number of rotatable bonds is 4. The van der Waals surface area contributed by atoms with Crippen LogP contribution in [0.1, 0.15) is 10.4 Å². The van der Waals surface area contributed by atoms with Gasteiger partial charge in [0, 0.05) is 21.6 Å². The van der Waals surface area contributed by atoms with E-state index in [1.807, 2.05) is 13.0 Å². The van der Waals surface area contributed by atoms with Crippen molar-refractivity contribution in [3.63, 3.8) is 0 Å². The third kappa shape index (κ3) is 3.43. The summed E-state index contributed by atoms with van der Waals surface area (Å²) in [7, 11) is -3.63. The minimum absolute atomic E-state index is 0.208. The Labute approximate surface area is 138 Å². The third-order valence-electron chi connectivity index (χ3n) is 2.62. The summed E-state index contributed by atoms with van der Waals surface area (Å²) in [5.74, 6) is 0. The first kappa shape index (κ1) is 16.0. The summed E-state index contributed by atoms with van der Waals surface area (Å²) in [6.07, 6.45) is 0. The van der Waals surface area contributed by atoms with Crippen LogP contribution < -0.4 is 10.5 Å². The lowest BCUT2D eigenvalue weighted by Crippen LogP contribution is -2.12. The van der Waals surface area contributed by atoms with Gasteiger partial charge in [0.2, 0.25) is 0 Å². The van der Waals surface area contributed by atoms with Crippen LogP contribution in [0.15, 0.2) is 37.4 Å². The summed E-state index contributed by atoms with van der Waals surface area (Å²) >= 11 is 7.97. The Morgan fingerprint density at radius 2 is 2.00 bits per heavy atom. The summed E-state index contributed by atoms with van der Waals surface area (Å²) in [5, 5.41) is 0. The van der Waals surface area contributed by atoms with Gasteiger partial charge >= 0.3 is 0 Å². The molecule has 1 aromatic carbocycles. The van der Waals surface area contributed by atoms with Crippen molar-refractivity contribution in [2.24, 2.45) is 5.73 Å². The van der Waals surface area contributed by atoms with E-state index in [-0.39, 0.29) is 4.90 Å². The van der Waals surface area contributed by atoms with Gasteiger partial charge in [-0.25, -0.2) is 8.42 Å². The maximum absolute atomic E-state index is 12.4. The van der Waals surface area contributed by atoms with Crippen LogP contribution in [0.5, 0.6) is 0 Å². The molecule has 2 rings (SSSR count). The summed E-state index contributed by atoms with van der Waals surface area (Å²) in [6.45, 7) is 2.25. The number of nitrogens with one attached hydrogen (secondary N) is 1. The average Bonchev–Trinajstić information content (AvgIpc) is 2.76. The second-order valence-corrected chi connectivity index (χ2v) is 9.08. The van der Waals surface area contributed by atoms with Crippen LogP contribution in [-0.4, -0.2) is 8.42 Å². The smallest absolute Gasteiger partial charge is 0.263 e. The van der Waals surface area contributed by atoms with E-state index >= 15 is 0 Å². The maximum atomic E-state index is 12.4. The monoisotopic (exact) mass is 438 g/mol. The van der Waals surface area contributed by atoms with Crippen LogP contribution in [-0.2, 0) is 16.6 Å². The lowest BCUT2D eigenvalue weighted by molar-refractivity contribution is 0.601. The Bertz CT molecular complexity index is 742. The molecule has 20 heavy (non-hydrogen) atoms. The number of aryl methyl sites for hydroxylation is 1. The Balaban J connectivity index is 2.35. The molecule has 4 nitrogen and oxygen atoms in total. The number of anilines is 1. The summed E-state index contributed by atoms with van der Waals surface area (Å²) in [6, 6.07) is 6.88. The van der Waals surface area contributed by atoms with Gasteiger partial charge in [-0.2, -0.15) is 0 Å². The summed E-state index contributed by atoms with van der Waals surface area (Å²) < 4.78 is 28.7. The van der Waals surface area contributed by atoms with Gasteiger partial charge in [0.05, 0.1) is 3.79 Å². The van der Waals surface area contributed by atoms with Gasteiger partial charge in [-0.3, -0.25) is 4.72 Å². The van der Waals surface area contributed by atoms with E-state index in [0.717, 1.165) is 14.9 Å². The fourth-order valence-electron chi connectivity index (χ4n) is 1.55. The highest BCUT2D eigenvalue weighted by atomic mass is 79.9. The minimum atomic E-state index is -3.63. The number of hydrogen-bond donors (Lipinski definition) is 2. The Morgan fingerprint density at radius 1 is 1.30 bits per heavy atom. The molecule has 2 aromatic rings. The molecule has 0 radical (unpaired) electrons. The Morgan fingerprint density at radius 3 is 2.55 bits per heavy atom. The molecule has 0 aliphatic carbocycles. The molecule has 1 aromatic heterocycles. The SMILES string of the molecule is Cc1ccc(NS(=O)(=O)c2cc(CN)sc2Br)cc1Br. The first-order valence-corrected chi connectivity index (χ1v) is 9.49. The molecule has 1 heterocycles. The quantitative estimate of drug-likeness (QED) is 0.759. The van der Waals surface area contributed by atoms with Crippen LogP contribution in [0.25, 0.3) is 0 Å². The standard InChI is InChI=1S/C12H12Br2N2O2S2/c1-7-2-3-8(4-10(7)13)16-20(17,18)11-5-9(6-15)19-12(11)14/h2-5,16H,6,15H2,1H3. The molecule has 0 amide bonds.